The van der Waals surface area contributed by atoms with Crippen molar-refractivity contribution in [2.45, 2.75) is 26.2 Å². The second-order valence-electron chi connectivity index (χ2n) is 4.75. The first-order chi connectivity index (χ1) is 10.0. The van der Waals surface area contributed by atoms with Gasteiger partial charge in [0.05, 0.1) is 12.1 Å². The predicted molar refractivity (Wildman–Crippen MR) is 81.6 cm³/mol. The zero-order valence-corrected chi connectivity index (χ0v) is 12.4. The van der Waals surface area contributed by atoms with Crippen LogP contribution in [0.1, 0.15) is 23.2 Å². The van der Waals surface area contributed by atoms with Crippen molar-refractivity contribution in [3.8, 4) is 0 Å². The summed E-state index contributed by atoms with van der Waals surface area (Å²) in [5.41, 5.74) is 2.75. The molecule has 1 aromatic carbocycles. The Morgan fingerprint density at radius 2 is 2.19 bits per heavy atom. The largest absolute Gasteiger partial charge is 0.481 e. The van der Waals surface area contributed by atoms with E-state index in [4.69, 9.17) is 5.11 Å². The lowest BCUT2D eigenvalue weighted by molar-refractivity contribution is -0.136. The van der Waals surface area contributed by atoms with Crippen LogP contribution in [0, 0.1) is 6.92 Å². The Hall–Kier alpha value is -2.21. The number of aryl methyl sites for hydroxylation is 2. The van der Waals surface area contributed by atoms with Crippen molar-refractivity contribution in [1.82, 2.24) is 4.98 Å². The zero-order valence-electron chi connectivity index (χ0n) is 11.6. The standard InChI is InChI=1S/C15H16N2O3S/c1-10-3-2-4-11(7-10)5-6-13(18)17-15-16-12(9-21-15)8-14(19)20/h2-4,7,9H,5-6,8H2,1H3,(H,19,20)(H,16,17,18). The normalized spacial score (nSPS) is 10.3. The van der Waals surface area contributed by atoms with Gasteiger partial charge in [-0.1, -0.05) is 29.8 Å². The van der Waals surface area contributed by atoms with E-state index in [2.05, 4.69) is 16.4 Å². The van der Waals surface area contributed by atoms with Crippen molar-refractivity contribution < 1.29 is 14.7 Å². The van der Waals surface area contributed by atoms with Gasteiger partial charge in [-0.3, -0.25) is 9.59 Å². The van der Waals surface area contributed by atoms with Gasteiger partial charge in [0.25, 0.3) is 0 Å². The SMILES string of the molecule is Cc1cccc(CCC(=O)Nc2nc(CC(=O)O)cs2)c1. The number of nitrogens with zero attached hydrogens (tertiary/aromatic N) is 1. The summed E-state index contributed by atoms with van der Waals surface area (Å²) in [4.78, 5) is 26.5. The van der Waals surface area contributed by atoms with Gasteiger partial charge in [0.1, 0.15) is 0 Å². The Balaban J connectivity index is 1.84. The van der Waals surface area contributed by atoms with E-state index in [1.165, 1.54) is 16.9 Å². The summed E-state index contributed by atoms with van der Waals surface area (Å²) < 4.78 is 0. The monoisotopic (exact) mass is 304 g/mol. The molecule has 2 rings (SSSR count). The summed E-state index contributed by atoms with van der Waals surface area (Å²) in [6, 6.07) is 8.04. The van der Waals surface area contributed by atoms with Gasteiger partial charge in [0, 0.05) is 11.8 Å². The van der Waals surface area contributed by atoms with Gasteiger partial charge < -0.3 is 10.4 Å². The average molecular weight is 304 g/mol. The lowest BCUT2D eigenvalue weighted by Gasteiger charge is -2.03. The van der Waals surface area contributed by atoms with Gasteiger partial charge in [-0.25, -0.2) is 4.98 Å². The molecule has 0 bridgehead atoms. The molecule has 1 heterocycles. The first kappa shape index (κ1) is 15.2. The Morgan fingerprint density at radius 3 is 2.90 bits per heavy atom. The number of amides is 1. The summed E-state index contributed by atoms with van der Waals surface area (Å²) in [6.45, 7) is 2.02. The molecule has 110 valence electrons. The number of carbonyl (C=O) groups is 2. The maximum atomic E-state index is 11.8. The number of hydrogen-bond acceptors (Lipinski definition) is 4. The number of nitrogens with one attached hydrogen (secondary N) is 1. The second-order valence-corrected chi connectivity index (χ2v) is 5.61. The van der Waals surface area contributed by atoms with E-state index < -0.39 is 5.97 Å². The fraction of sp³-hybridized carbons (Fsp3) is 0.267. The molecule has 0 fully saturated rings. The number of rotatable bonds is 6. The van der Waals surface area contributed by atoms with Crippen molar-refractivity contribution in [1.29, 1.82) is 0 Å². The van der Waals surface area contributed by atoms with Gasteiger partial charge >= 0.3 is 5.97 Å². The van der Waals surface area contributed by atoms with Crippen LogP contribution < -0.4 is 5.32 Å². The van der Waals surface area contributed by atoms with Crippen LogP contribution in [0.25, 0.3) is 0 Å². The molecule has 21 heavy (non-hydrogen) atoms. The number of benzene rings is 1. The number of carboxylic acids is 1. The third kappa shape index (κ3) is 5.00. The van der Waals surface area contributed by atoms with E-state index in [9.17, 15) is 9.59 Å². The second kappa shape index (κ2) is 6.99. The predicted octanol–water partition coefficient (Wildman–Crippen LogP) is 2.65. The maximum Gasteiger partial charge on any atom is 0.309 e. The molecule has 1 aromatic heterocycles. The topological polar surface area (TPSA) is 79.3 Å². The number of carbonyl (C=O) groups excluding carboxylic acids is 1. The minimum atomic E-state index is -0.933. The molecule has 0 saturated heterocycles. The quantitative estimate of drug-likeness (QED) is 0.860. The lowest BCUT2D eigenvalue weighted by Crippen LogP contribution is -2.12. The molecule has 0 saturated carbocycles. The third-order valence-electron chi connectivity index (χ3n) is 2.85. The van der Waals surface area contributed by atoms with Crippen LogP contribution in [-0.2, 0) is 22.4 Å². The van der Waals surface area contributed by atoms with E-state index >= 15 is 0 Å². The van der Waals surface area contributed by atoms with Gasteiger partial charge in [0.2, 0.25) is 5.91 Å². The average Bonchev–Trinajstić information content (AvgIpc) is 2.83. The molecule has 0 radical (unpaired) electrons. The molecular formula is C15H16N2O3S. The van der Waals surface area contributed by atoms with E-state index in [1.807, 2.05) is 25.1 Å². The number of hydrogen-bond donors (Lipinski definition) is 2. The Bertz CT molecular complexity index is 652. The molecule has 0 atom stereocenters. The summed E-state index contributed by atoms with van der Waals surface area (Å²) in [6.07, 6.45) is 0.911. The summed E-state index contributed by atoms with van der Waals surface area (Å²) in [5, 5.41) is 13.5. The van der Waals surface area contributed by atoms with Crippen molar-refractivity contribution >= 4 is 28.3 Å². The molecule has 0 unspecified atom stereocenters. The maximum absolute atomic E-state index is 11.8. The zero-order chi connectivity index (χ0) is 15.2. The molecular weight excluding hydrogens is 288 g/mol. The van der Waals surface area contributed by atoms with Crippen LogP contribution in [0.4, 0.5) is 5.13 Å². The molecule has 2 N–H and O–H groups in total. The van der Waals surface area contributed by atoms with Crippen molar-refractivity contribution in [3.63, 3.8) is 0 Å². The van der Waals surface area contributed by atoms with Gasteiger partial charge in [0.15, 0.2) is 5.13 Å². The summed E-state index contributed by atoms with van der Waals surface area (Å²) >= 11 is 1.24. The van der Waals surface area contributed by atoms with E-state index in [1.54, 1.807) is 5.38 Å². The first-order valence-electron chi connectivity index (χ1n) is 6.54. The summed E-state index contributed by atoms with van der Waals surface area (Å²) in [5.74, 6) is -1.05. The van der Waals surface area contributed by atoms with Gasteiger partial charge in [-0.05, 0) is 18.9 Å². The van der Waals surface area contributed by atoms with Crippen molar-refractivity contribution in [2.24, 2.45) is 0 Å². The molecule has 6 heteroatoms. The Morgan fingerprint density at radius 1 is 1.38 bits per heavy atom. The fourth-order valence-electron chi connectivity index (χ4n) is 1.91. The molecule has 1 amide bonds. The molecule has 5 nitrogen and oxygen atoms in total. The number of thiazole rings is 1. The summed E-state index contributed by atoms with van der Waals surface area (Å²) in [7, 11) is 0. The van der Waals surface area contributed by atoms with Crippen molar-refractivity contribution in [3.05, 3.63) is 46.5 Å². The van der Waals surface area contributed by atoms with Gasteiger partial charge in [-0.15, -0.1) is 11.3 Å². The van der Waals surface area contributed by atoms with E-state index in [0.717, 1.165) is 5.56 Å². The molecule has 0 spiro atoms. The van der Waals surface area contributed by atoms with Crippen LogP contribution >= 0.6 is 11.3 Å². The first-order valence-corrected chi connectivity index (χ1v) is 7.42. The highest BCUT2D eigenvalue weighted by Crippen LogP contribution is 2.16. The molecule has 0 aliphatic heterocycles. The van der Waals surface area contributed by atoms with E-state index in [-0.39, 0.29) is 12.3 Å². The smallest absolute Gasteiger partial charge is 0.309 e. The molecule has 0 aliphatic carbocycles. The van der Waals surface area contributed by atoms with Crippen LogP contribution in [-0.4, -0.2) is 22.0 Å². The minimum absolute atomic E-state index is 0.118. The minimum Gasteiger partial charge on any atom is -0.481 e. The van der Waals surface area contributed by atoms with Crippen LogP contribution in [0.15, 0.2) is 29.6 Å². The Labute approximate surface area is 126 Å². The fourth-order valence-corrected chi connectivity index (χ4v) is 2.63. The number of anilines is 1. The van der Waals surface area contributed by atoms with Crippen molar-refractivity contribution in [2.75, 3.05) is 5.32 Å². The number of carboxylic acid groups (broad SMARTS) is 1. The van der Waals surface area contributed by atoms with E-state index in [0.29, 0.717) is 23.7 Å². The Kier molecular flexibility index (Phi) is 5.05. The van der Waals surface area contributed by atoms with Crippen LogP contribution in [0.2, 0.25) is 0 Å². The highest BCUT2D eigenvalue weighted by atomic mass is 32.1. The highest BCUT2D eigenvalue weighted by molar-refractivity contribution is 7.13. The highest BCUT2D eigenvalue weighted by Gasteiger charge is 2.09. The molecule has 0 aliphatic rings. The van der Waals surface area contributed by atoms with Crippen LogP contribution in [0.5, 0.6) is 0 Å². The molecule has 2 aromatic rings. The number of aromatic nitrogens is 1. The lowest BCUT2D eigenvalue weighted by atomic mass is 10.1. The third-order valence-corrected chi connectivity index (χ3v) is 3.66. The number of aliphatic carboxylic acids is 1. The van der Waals surface area contributed by atoms with Gasteiger partial charge in [-0.2, -0.15) is 0 Å². The van der Waals surface area contributed by atoms with Crippen LogP contribution in [0.3, 0.4) is 0 Å².